The Morgan fingerprint density at radius 3 is 2.25 bits per heavy atom. The van der Waals surface area contributed by atoms with Gasteiger partial charge < -0.3 is 9.80 Å². The van der Waals surface area contributed by atoms with Gasteiger partial charge in [-0.1, -0.05) is 32.0 Å². The molecule has 3 rings (SSSR count). The molecule has 1 N–H and O–H groups in total. The minimum absolute atomic E-state index is 0.374. The van der Waals surface area contributed by atoms with Gasteiger partial charge >= 0.3 is 0 Å². The average Bonchev–Trinajstić information content (AvgIpc) is 2.97. The molecule has 0 saturated carbocycles. The maximum Gasteiger partial charge on any atom is 0.246 e. The highest BCUT2D eigenvalue weighted by molar-refractivity contribution is 7.89. The fraction of sp³-hybridized carbons (Fsp3) is 0.550. The third kappa shape index (κ3) is 4.09. The molecule has 154 valence electrons. The van der Waals surface area contributed by atoms with Gasteiger partial charge in [-0.05, 0) is 26.0 Å². The fourth-order valence-electron chi connectivity index (χ4n) is 3.99. The summed E-state index contributed by atoms with van der Waals surface area (Å²) in [6.07, 6.45) is 0. The first kappa shape index (κ1) is 20.8. The number of nitrogens with one attached hydrogen (secondary N) is 1. The maximum absolute atomic E-state index is 13.0. The molecule has 0 aliphatic carbocycles. The first-order chi connectivity index (χ1) is 13.4. The lowest BCUT2D eigenvalue weighted by Crippen LogP contribution is -3.14. The van der Waals surface area contributed by atoms with Gasteiger partial charge in [0.05, 0.1) is 37.6 Å². The molecule has 0 amide bonds. The van der Waals surface area contributed by atoms with E-state index >= 15 is 0 Å². The van der Waals surface area contributed by atoms with Gasteiger partial charge in [0.15, 0.2) is 6.67 Å². The topological polar surface area (TPSA) is 62.9 Å². The lowest BCUT2D eigenvalue weighted by Gasteiger charge is -2.33. The van der Waals surface area contributed by atoms with E-state index in [1.54, 1.807) is 6.92 Å². The zero-order chi connectivity index (χ0) is 20.3. The molecule has 0 unspecified atom stereocenters. The van der Waals surface area contributed by atoms with Gasteiger partial charge in [-0.25, -0.2) is 13.1 Å². The van der Waals surface area contributed by atoms with Crippen molar-refractivity contribution in [3.8, 4) is 0 Å². The van der Waals surface area contributed by atoms with Crippen molar-refractivity contribution < 1.29 is 13.3 Å². The highest BCUT2D eigenvalue weighted by atomic mass is 32.2. The van der Waals surface area contributed by atoms with Crippen molar-refractivity contribution in [2.24, 2.45) is 0 Å². The highest BCUT2D eigenvalue weighted by Gasteiger charge is 2.30. The van der Waals surface area contributed by atoms with Crippen LogP contribution in [0, 0.1) is 13.8 Å². The second kappa shape index (κ2) is 8.63. The summed E-state index contributed by atoms with van der Waals surface area (Å²) in [6.45, 7) is 13.0. The van der Waals surface area contributed by atoms with Crippen LogP contribution in [-0.2, 0) is 16.7 Å². The molecule has 2 heterocycles. The molecule has 8 heteroatoms. The van der Waals surface area contributed by atoms with E-state index in [9.17, 15) is 8.42 Å². The van der Waals surface area contributed by atoms with Crippen molar-refractivity contribution >= 4 is 15.7 Å². The Morgan fingerprint density at radius 2 is 1.68 bits per heavy atom. The smallest absolute Gasteiger partial charge is 0.246 e. The second-order valence-corrected chi connectivity index (χ2v) is 9.19. The molecular weight excluding hydrogens is 374 g/mol. The highest BCUT2D eigenvalue weighted by Crippen LogP contribution is 2.23. The summed E-state index contributed by atoms with van der Waals surface area (Å²) >= 11 is 0. The van der Waals surface area contributed by atoms with Crippen LogP contribution in [-0.4, -0.2) is 61.8 Å². The lowest BCUT2D eigenvalue weighted by molar-refractivity contribution is -0.924. The Kier molecular flexibility index (Phi) is 6.42. The van der Waals surface area contributed by atoms with Crippen LogP contribution in [0.4, 0.5) is 5.69 Å². The van der Waals surface area contributed by atoms with Gasteiger partial charge in [0.1, 0.15) is 4.90 Å². The molecule has 1 aromatic heterocycles. The Labute approximate surface area is 168 Å². The number of sulfonamides is 1. The Morgan fingerprint density at radius 1 is 1.07 bits per heavy atom. The van der Waals surface area contributed by atoms with Gasteiger partial charge in [-0.15, -0.1) is 0 Å². The van der Waals surface area contributed by atoms with Crippen LogP contribution in [0.15, 0.2) is 35.2 Å². The molecule has 0 radical (unpaired) electrons. The lowest BCUT2D eigenvalue weighted by atomic mass is 10.2. The quantitative estimate of drug-likeness (QED) is 0.742. The molecule has 2 aromatic rings. The van der Waals surface area contributed by atoms with Crippen LogP contribution >= 0.6 is 0 Å². The number of para-hydroxylation sites is 1. The number of hydrogen-bond donors (Lipinski definition) is 1. The second-order valence-electron chi connectivity index (χ2n) is 7.32. The SMILES string of the molecule is CCN(CC)S(=O)(=O)c1c(C)nn(C[NH+]2CCN(c3ccccc3)CC2)c1C. The van der Waals surface area contributed by atoms with Gasteiger partial charge in [0, 0.05) is 18.8 Å². The van der Waals surface area contributed by atoms with Crippen molar-refractivity contribution in [2.45, 2.75) is 39.3 Å². The number of aromatic nitrogens is 2. The van der Waals surface area contributed by atoms with Crippen LogP contribution in [0.2, 0.25) is 0 Å². The standard InChI is InChI=1S/C20H31N5O2S/c1-5-24(6-2)28(26,27)20-17(3)21-25(18(20)4)16-22-12-14-23(15-13-22)19-10-8-7-9-11-19/h7-11H,5-6,12-16H2,1-4H3/p+1. The molecule has 1 aliphatic rings. The van der Waals surface area contributed by atoms with E-state index < -0.39 is 10.0 Å². The predicted octanol–water partition coefficient (Wildman–Crippen LogP) is 0.893. The zero-order valence-electron chi connectivity index (χ0n) is 17.4. The van der Waals surface area contributed by atoms with Crippen molar-refractivity contribution in [3.63, 3.8) is 0 Å². The molecule has 1 fully saturated rings. The maximum atomic E-state index is 13.0. The predicted molar refractivity (Wildman–Crippen MR) is 111 cm³/mol. The van der Waals surface area contributed by atoms with E-state index in [1.807, 2.05) is 31.5 Å². The normalized spacial score (nSPS) is 16.1. The van der Waals surface area contributed by atoms with E-state index in [2.05, 4.69) is 34.3 Å². The summed E-state index contributed by atoms with van der Waals surface area (Å²) < 4.78 is 29.4. The molecule has 0 spiro atoms. The number of rotatable bonds is 7. The first-order valence-corrected chi connectivity index (χ1v) is 11.5. The van der Waals surface area contributed by atoms with E-state index in [-0.39, 0.29) is 0 Å². The largest absolute Gasteiger partial charge is 0.360 e. The molecule has 1 aromatic carbocycles. The van der Waals surface area contributed by atoms with Crippen molar-refractivity contribution in [3.05, 3.63) is 41.7 Å². The van der Waals surface area contributed by atoms with Gasteiger partial charge in [-0.3, -0.25) is 0 Å². The van der Waals surface area contributed by atoms with Crippen LogP contribution in [0.25, 0.3) is 0 Å². The van der Waals surface area contributed by atoms with E-state index in [4.69, 9.17) is 0 Å². The molecular formula is C20H32N5O2S+. The molecule has 28 heavy (non-hydrogen) atoms. The molecule has 0 atom stereocenters. The third-order valence-electron chi connectivity index (χ3n) is 5.58. The van der Waals surface area contributed by atoms with E-state index in [0.29, 0.717) is 30.3 Å². The average molecular weight is 407 g/mol. The summed E-state index contributed by atoms with van der Waals surface area (Å²) in [5.41, 5.74) is 2.59. The summed E-state index contributed by atoms with van der Waals surface area (Å²) in [6, 6.07) is 10.5. The van der Waals surface area contributed by atoms with Crippen LogP contribution in [0.1, 0.15) is 25.2 Å². The van der Waals surface area contributed by atoms with Crippen LogP contribution in [0.3, 0.4) is 0 Å². The number of nitrogens with zero attached hydrogens (tertiary/aromatic N) is 4. The summed E-state index contributed by atoms with van der Waals surface area (Å²) in [5.74, 6) is 0. The van der Waals surface area contributed by atoms with Crippen molar-refractivity contribution in [1.82, 2.24) is 14.1 Å². The fourth-order valence-corrected chi connectivity index (χ4v) is 5.82. The molecule has 7 nitrogen and oxygen atoms in total. The third-order valence-corrected chi connectivity index (χ3v) is 7.89. The Bertz CT molecular complexity index is 883. The zero-order valence-corrected chi connectivity index (χ0v) is 18.2. The summed E-state index contributed by atoms with van der Waals surface area (Å²) in [7, 11) is -3.49. The Hall–Kier alpha value is -1.90. The van der Waals surface area contributed by atoms with E-state index in [0.717, 1.165) is 31.9 Å². The summed E-state index contributed by atoms with van der Waals surface area (Å²) in [5, 5.41) is 4.58. The Balaban J connectivity index is 1.71. The van der Waals surface area contributed by atoms with Crippen LogP contribution in [0.5, 0.6) is 0 Å². The number of hydrogen-bond acceptors (Lipinski definition) is 4. The minimum atomic E-state index is -3.49. The van der Waals surface area contributed by atoms with Crippen molar-refractivity contribution in [1.29, 1.82) is 0 Å². The molecule has 0 bridgehead atoms. The monoisotopic (exact) mass is 406 g/mol. The van der Waals surface area contributed by atoms with Gasteiger partial charge in [0.2, 0.25) is 10.0 Å². The number of aryl methyl sites for hydroxylation is 1. The van der Waals surface area contributed by atoms with Crippen molar-refractivity contribution in [2.75, 3.05) is 44.2 Å². The first-order valence-electron chi connectivity index (χ1n) is 10.1. The number of quaternary nitrogens is 1. The molecule has 1 aliphatic heterocycles. The van der Waals surface area contributed by atoms with E-state index in [1.165, 1.54) is 14.9 Å². The van der Waals surface area contributed by atoms with Crippen LogP contribution < -0.4 is 9.80 Å². The number of benzene rings is 1. The number of piperazine rings is 1. The van der Waals surface area contributed by atoms with Gasteiger partial charge in [-0.2, -0.15) is 9.40 Å². The molecule has 1 saturated heterocycles. The van der Waals surface area contributed by atoms with Gasteiger partial charge in [0.25, 0.3) is 0 Å². The minimum Gasteiger partial charge on any atom is -0.360 e. The summed E-state index contributed by atoms with van der Waals surface area (Å²) in [4.78, 5) is 4.20. The number of anilines is 1.